The molecular formula is C23H38O2. The van der Waals surface area contributed by atoms with Crippen molar-refractivity contribution < 1.29 is 9.53 Å². The van der Waals surface area contributed by atoms with Crippen LogP contribution in [0.3, 0.4) is 0 Å². The van der Waals surface area contributed by atoms with E-state index in [0.717, 1.165) is 25.7 Å². The van der Waals surface area contributed by atoms with E-state index in [0.29, 0.717) is 18.3 Å². The molecule has 0 aromatic rings. The van der Waals surface area contributed by atoms with Gasteiger partial charge in [0, 0.05) is 6.42 Å². The minimum atomic E-state index is -0.0115. The third-order valence-corrected chi connectivity index (χ3v) is 6.69. The third-order valence-electron chi connectivity index (χ3n) is 6.69. The summed E-state index contributed by atoms with van der Waals surface area (Å²) >= 11 is 0. The Labute approximate surface area is 155 Å². The minimum Gasteiger partial charge on any atom is -0.458 e. The average Bonchev–Trinajstić information content (AvgIpc) is 2.55. The van der Waals surface area contributed by atoms with Crippen LogP contribution in [-0.4, -0.2) is 12.1 Å². The van der Waals surface area contributed by atoms with Crippen LogP contribution in [0.2, 0.25) is 0 Å². The second-order valence-corrected chi connectivity index (χ2v) is 8.72. The van der Waals surface area contributed by atoms with Crippen molar-refractivity contribution in [2.75, 3.05) is 0 Å². The van der Waals surface area contributed by atoms with Gasteiger partial charge in [0.05, 0.1) is 0 Å². The summed E-state index contributed by atoms with van der Waals surface area (Å²) in [6, 6.07) is 0. The topological polar surface area (TPSA) is 26.3 Å². The number of carbonyl (C=O) groups is 1. The molecule has 0 heterocycles. The van der Waals surface area contributed by atoms with E-state index < -0.39 is 0 Å². The van der Waals surface area contributed by atoms with Gasteiger partial charge >= 0.3 is 5.97 Å². The Balaban J connectivity index is 1.89. The van der Waals surface area contributed by atoms with E-state index >= 15 is 0 Å². The van der Waals surface area contributed by atoms with Gasteiger partial charge in [-0.3, -0.25) is 4.79 Å². The predicted octanol–water partition coefficient (Wildman–Crippen LogP) is 6.61. The molecule has 1 fully saturated rings. The standard InChI is InChI=1S/C23H38O2/c1-6-7-8-9-10-11-22(24)25-21-14-18(4)23(5)16-19(17(2)3)12-13-20(23)15-21/h15,18-19,21H,2,6-14,16H2,1,3-5H3/t18?,19-,21-,23+/m1/s1. The quantitative estimate of drug-likeness (QED) is 0.281. The fourth-order valence-electron chi connectivity index (χ4n) is 4.66. The van der Waals surface area contributed by atoms with Crippen LogP contribution in [0, 0.1) is 17.3 Å². The van der Waals surface area contributed by atoms with Gasteiger partial charge in [0.2, 0.25) is 0 Å². The SMILES string of the molecule is C=C(C)[C@@H]1CCC2=C[C@H](OC(=O)CCCCCCC)CC(C)[C@]2(C)C1. The lowest BCUT2D eigenvalue weighted by molar-refractivity contribution is -0.148. The maximum Gasteiger partial charge on any atom is 0.306 e. The van der Waals surface area contributed by atoms with Crippen molar-refractivity contribution in [1.82, 2.24) is 0 Å². The lowest BCUT2D eigenvalue weighted by atomic mass is 9.57. The van der Waals surface area contributed by atoms with Gasteiger partial charge in [-0.05, 0) is 62.4 Å². The van der Waals surface area contributed by atoms with Crippen molar-refractivity contribution in [2.24, 2.45) is 17.3 Å². The number of ether oxygens (including phenoxy) is 1. The number of unbranched alkanes of at least 4 members (excludes halogenated alkanes) is 4. The van der Waals surface area contributed by atoms with Gasteiger partial charge in [-0.25, -0.2) is 0 Å². The average molecular weight is 347 g/mol. The van der Waals surface area contributed by atoms with Gasteiger partial charge in [0.1, 0.15) is 6.10 Å². The third kappa shape index (κ3) is 5.21. The molecule has 0 aliphatic heterocycles. The van der Waals surface area contributed by atoms with E-state index in [2.05, 4.69) is 40.3 Å². The molecule has 2 aliphatic carbocycles. The second-order valence-electron chi connectivity index (χ2n) is 8.72. The molecule has 0 spiro atoms. The van der Waals surface area contributed by atoms with Crippen molar-refractivity contribution in [2.45, 2.75) is 98.0 Å². The van der Waals surface area contributed by atoms with Crippen molar-refractivity contribution in [3.05, 3.63) is 23.8 Å². The van der Waals surface area contributed by atoms with E-state index in [1.165, 1.54) is 43.3 Å². The summed E-state index contributed by atoms with van der Waals surface area (Å²) in [6.45, 7) is 13.3. The van der Waals surface area contributed by atoms with Gasteiger partial charge in [0.25, 0.3) is 0 Å². The lowest BCUT2D eigenvalue weighted by Gasteiger charge is -2.48. The highest BCUT2D eigenvalue weighted by atomic mass is 16.5. The zero-order valence-corrected chi connectivity index (χ0v) is 16.9. The molecule has 1 saturated carbocycles. The van der Waals surface area contributed by atoms with Crippen molar-refractivity contribution in [1.29, 1.82) is 0 Å². The molecule has 0 aromatic heterocycles. The fourth-order valence-corrected chi connectivity index (χ4v) is 4.66. The first-order valence-corrected chi connectivity index (χ1v) is 10.4. The number of allylic oxidation sites excluding steroid dienone is 2. The number of rotatable bonds is 8. The highest BCUT2D eigenvalue weighted by Gasteiger charge is 2.44. The normalized spacial score (nSPS) is 31.8. The van der Waals surface area contributed by atoms with Crippen LogP contribution in [0.15, 0.2) is 23.8 Å². The Hall–Kier alpha value is -1.05. The maximum atomic E-state index is 12.2. The van der Waals surface area contributed by atoms with Gasteiger partial charge in [-0.15, -0.1) is 0 Å². The minimum absolute atomic E-state index is 0.00947. The Kier molecular flexibility index (Phi) is 7.34. The summed E-state index contributed by atoms with van der Waals surface area (Å²) in [4.78, 5) is 12.2. The smallest absolute Gasteiger partial charge is 0.306 e. The van der Waals surface area contributed by atoms with Gasteiger partial charge < -0.3 is 4.74 Å². The molecule has 2 nitrogen and oxygen atoms in total. The molecule has 0 aromatic carbocycles. The molecule has 0 radical (unpaired) electrons. The van der Waals surface area contributed by atoms with E-state index in [1.54, 1.807) is 0 Å². The summed E-state index contributed by atoms with van der Waals surface area (Å²) in [6.07, 6.45) is 13.2. The van der Waals surface area contributed by atoms with Crippen LogP contribution < -0.4 is 0 Å². The Morgan fingerprint density at radius 2 is 2.04 bits per heavy atom. The van der Waals surface area contributed by atoms with Crippen LogP contribution in [0.4, 0.5) is 0 Å². The highest BCUT2D eigenvalue weighted by Crippen LogP contribution is 2.53. The number of fused-ring (bicyclic) bond motifs is 1. The van der Waals surface area contributed by atoms with E-state index in [-0.39, 0.29) is 17.5 Å². The molecular weight excluding hydrogens is 308 g/mol. The molecule has 0 N–H and O–H groups in total. The predicted molar refractivity (Wildman–Crippen MR) is 105 cm³/mol. The monoisotopic (exact) mass is 346 g/mol. The first kappa shape index (κ1) is 20.3. The van der Waals surface area contributed by atoms with Crippen LogP contribution in [0.1, 0.15) is 91.9 Å². The Morgan fingerprint density at radius 1 is 1.32 bits per heavy atom. The fraction of sp³-hybridized carbons (Fsp3) is 0.783. The molecule has 0 saturated heterocycles. The van der Waals surface area contributed by atoms with E-state index in [9.17, 15) is 4.79 Å². The van der Waals surface area contributed by atoms with Crippen molar-refractivity contribution in [3.63, 3.8) is 0 Å². The maximum absolute atomic E-state index is 12.2. The zero-order valence-electron chi connectivity index (χ0n) is 16.9. The molecule has 1 unspecified atom stereocenters. The van der Waals surface area contributed by atoms with Crippen LogP contribution in [0.5, 0.6) is 0 Å². The number of carbonyl (C=O) groups excluding carboxylic acids is 1. The molecule has 0 bridgehead atoms. The zero-order chi connectivity index (χ0) is 18.4. The van der Waals surface area contributed by atoms with Crippen LogP contribution >= 0.6 is 0 Å². The van der Waals surface area contributed by atoms with Crippen LogP contribution in [0.25, 0.3) is 0 Å². The molecule has 2 rings (SSSR count). The van der Waals surface area contributed by atoms with Crippen molar-refractivity contribution in [3.8, 4) is 0 Å². The number of esters is 1. The van der Waals surface area contributed by atoms with Gasteiger partial charge in [-0.2, -0.15) is 0 Å². The molecule has 2 heteroatoms. The summed E-state index contributed by atoms with van der Waals surface area (Å²) in [7, 11) is 0. The summed E-state index contributed by atoms with van der Waals surface area (Å²) in [5.41, 5.74) is 3.10. The number of hydrogen-bond donors (Lipinski definition) is 0. The molecule has 2 aliphatic rings. The van der Waals surface area contributed by atoms with E-state index in [4.69, 9.17) is 4.74 Å². The molecule has 0 amide bonds. The van der Waals surface area contributed by atoms with Crippen LogP contribution in [-0.2, 0) is 9.53 Å². The summed E-state index contributed by atoms with van der Waals surface area (Å²) in [5, 5.41) is 0. The molecule has 4 atom stereocenters. The first-order chi connectivity index (χ1) is 11.9. The largest absolute Gasteiger partial charge is 0.458 e. The lowest BCUT2D eigenvalue weighted by Crippen LogP contribution is -2.40. The van der Waals surface area contributed by atoms with Crippen molar-refractivity contribution >= 4 is 5.97 Å². The molecule has 142 valence electrons. The second kappa shape index (κ2) is 9.05. The summed E-state index contributed by atoms with van der Waals surface area (Å²) in [5.74, 6) is 1.19. The number of hydrogen-bond acceptors (Lipinski definition) is 2. The molecule has 25 heavy (non-hydrogen) atoms. The Bertz CT molecular complexity index is 504. The van der Waals surface area contributed by atoms with E-state index in [1.807, 2.05) is 0 Å². The highest BCUT2D eigenvalue weighted by molar-refractivity contribution is 5.69. The first-order valence-electron chi connectivity index (χ1n) is 10.4. The van der Waals surface area contributed by atoms with Gasteiger partial charge in [-0.1, -0.05) is 64.2 Å². The van der Waals surface area contributed by atoms with Gasteiger partial charge in [0.15, 0.2) is 0 Å². The summed E-state index contributed by atoms with van der Waals surface area (Å²) < 4.78 is 5.80. The Morgan fingerprint density at radius 3 is 2.72 bits per heavy atom.